The number of hydrogen-bond acceptors (Lipinski definition) is 5. The summed E-state index contributed by atoms with van der Waals surface area (Å²) in [5, 5.41) is 8.15. The lowest BCUT2D eigenvalue weighted by Crippen LogP contribution is -2.43. The first-order valence-corrected chi connectivity index (χ1v) is 10.3. The Morgan fingerprint density at radius 1 is 0.931 bits per heavy atom. The van der Waals surface area contributed by atoms with Gasteiger partial charge >= 0.3 is 0 Å². The van der Waals surface area contributed by atoms with E-state index in [2.05, 4.69) is 10.4 Å². The third-order valence-electron chi connectivity index (χ3n) is 5.50. The smallest absolute Gasteiger partial charge is 0.292 e. The first kappa shape index (κ1) is 19.9. The third-order valence-corrected chi connectivity index (χ3v) is 6.12. The Morgan fingerprint density at radius 3 is 2.17 bits per heavy atom. The molecule has 2 aliphatic rings. The SMILES string of the molecule is O=C1CCC(=O)N1C1CCC(Nc2cnn(-c3ccc(Cl)cc3)c(=O)c2Cl)CC1. The van der Waals surface area contributed by atoms with Crippen molar-refractivity contribution in [1.82, 2.24) is 14.7 Å². The molecule has 0 bridgehead atoms. The molecule has 1 aliphatic heterocycles. The van der Waals surface area contributed by atoms with Crippen molar-refractivity contribution in [2.75, 3.05) is 5.32 Å². The van der Waals surface area contributed by atoms with Gasteiger partial charge in [0.2, 0.25) is 11.8 Å². The minimum absolute atomic E-state index is 0.0259. The fourth-order valence-electron chi connectivity index (χ4n) is 4.00. The largest absolute Gasteiger partial charge is 0.380 e. The number of rotatable bonds is 4. The molecule has 4 rings (SSSR count). The van der Waals surface area contributed by atoms with Crippen molar-refractivity contribution in [3.8, 4) is 5.69 Å². The van der Waals surface area contributed by atoms with E-state index < -0.39 is 5.56 Å². The second-order valence-corrected chi connectivity index (χ2v) is 8.19. The van der Waals surface area contributed by atoms with E-state index in [1.54, 1.807) is 24.3 Å². The Kier molecular flexibility index (Phi) is 5.61. The zero-order valence-electron chi connectivity index (χ0n) is 15.6. The van der Waals surface area contributed by atoms with Crippen molar-refractivity contribution in [1.29, 1.82) is 0 Å². The van der Waals surface area contributed by atoms with Crippen molar-refractivity contribution in [2.24, 2.45) is 0 Å². The molecule has 1 aromatic carbocycles. The summed E-state index contributed by atoms with van der Waals surface area (Å²) in [4.78, 5) is 37.9. The number of hydrogen-bond donors (Lipinski definition) is 1. The standard InChI is InChI=1S/C20H20Cl2N4O3/c21-12-1-5-15(6-2-12)26-20(29)19(22)16(11-23-26)24-13-3-7-14(8-4-13)25-17(27)9-10-18(25)28/h1-2,5-6,11,13-14,24H,3-4,7-10H2. The van der Waals surface area contributed by atoms with Crippen LogP contribution in [0.3, 0.4) is 0 Å². The maximum absolute atomic E-state index is 12.6. The highest BCUT2D eigenvalue weighted by Crippen LogP contribution is 2.30. The van der Waals surface area contributed by atoms with Crippen molar-refractivity contribution < 1.29 is 9.59 Å². The van der Waals surface area contributed by atoms with Gasteiger partial charge in [0, 0.05) is 29.9 Å². The van der Waals surface area contributed by atoms with Crippen LogP contribution in [0, 0.1) is 0 Å². The van der Waals surface area contributed by atoms with Crippen molar-refractivity contribution in [3.63, 3.8) is 0 Å². The Balaban J connectivity index is 1.43. The summed E-state index contributed by atoms with van der Waals surface area (Å²) in [5.74, 6) is -0.131. The van der Waals surface area contributed by atoms with Crippen LogP contribution in [0.2, 0.25) is 10.0 Å². The molecule has 9 heteroatoms. The summed E-state index contributed by atoms with van der Waals surface area (Å²) in [6, 6.07) is 6.83. The molecule has 1 aromatic heterocycles. The second kappa shape index (κ2) is 8.16. The fraction of sp³-hybridized carbons (Fsp3) is 0.400. The van der Waals surface area contributed by atoms with Crippen molar-refractivity contribution in [3.05, 3.63) is 50.9 Å². The fourth-order valence-corrected chi connectivity index (χ4v) is 4.31. The summed E-state index contributed by atoms with van der Waals surface area (Å²) in [6.07, 6.45) is 5.21. The number of likely N-dealkylation sites (tertiary alicyclic amines) is 1. The molecule has 2 amide bonds. The van der Waals surface area contributed by atoms with Crippen LogP contribution in [0.4, 0.5) is 5.69 Å². The number of carbonyl (C=O) groups excluding carboxylic acids is 2. The van der Waals surface area contributed by atoms with Gasteiger partial charge in [0.1, 0.15) is 5.02 Å². The molecule has 2 heterocycles. The van der Waals surface area contributed by atoms with Gasteiger partial charge in [-0.25, -0.2) is 0 Å². The van der Waals surface area contributed by atoms with E-state index in [-0.39, 0.29) is 28.9 Å². The van der Waals surface area contributed by atoms with Crippen LogP contribution in [0.15, 0.2) is 35.3 Å². The van der Waals surface area contributed by atoms with Gasteiger partial charge in [0.15, 0.2) is 0 Å². The summed E-state index contributed by atoms with van der Waals surface area (Å²) >= 11 is 12.2. The second-order valence-electron chi connectivity index (χ2n) is 7.37. The maximum atomic E-state index is 12.6. The van der Waals surface area contributed by atoms with Gasteiger partial charge in [-0.2, -0.15) is 9.78 Å². The zero-order chi connectivity index (χ0) is 20.5. The Hall–Kier alpha value is -2.38. The molecular formula is C20H20Cl2N4O3. The normalized spacial score (nSPS) is 22.2. The van der Waals surface area contributed by atoms with E-state index in [1.165, 1.54) is 15.8 Å². The summed E-state index contributed by atoms with van der Waals surface area (Å²) in [7, 11) is 0. The van der Waals surface area contributed by atoms with Crippen LogP contribution in [-0.4, -0.2) is 38.6 Å². The van der Waals surface area contributed by atoms with Crippen LogP contribution < -0.4 is 10.9 Å². The molecular weight excluding hydrogens is 415 g/mol. The van der Waals surface area contributed by atoms with Crippen LogP contribution in [0.1, 0.15) is 38.5 Å². The number of nitrogens with zero attached hydrogens (tertiary/aromatic N) is 3. The average molecular weight is 435 g/mol. The van der Waals surface area contributed by atoms with Crippen LogP contribution in [0.5, 0.6) is 0 Å². The van der Waals surface area contributed by atoms with Crippen LogP contribution in [0.25, 0.3) is 5.69 Å². The van der Waals surface area contributed by atoms with E-state index in [0.29, 0.717) is 29.2 Å². The van der Waals surface area contributed by atoms with Gasteiger partial charge in [-0.3, -0.25) is 19.3 Å². The Bertz CT molecular complexity index is 982. The molecule has 1 saturated heterocycles. The topological polar surface area (TPSA) is 84.3 Å². The zero-order valence-corrected chi connectivity index (χ0v) is 17.1. The van der Waals surface area contributed by atoms with Gasteiger partial charge < -0.3 is 5.32 Å². The molecule has 29 heavy (non-hydrogen) atoms. The predicted molar refractivity (Wildman–Crippen MR) is 111 cm³/mol. The molecule has 1 N–H and O–H groups in total. The van der Waals surface area contributed by atoms with Gasteiger partial charge in [-0.05, 0) is 49.9 Å². The molecule has 0 atom stereocenters. The lowest BCUT2D eigenvalue weighted by molar-refractivity contribution is -0.141. The summed E-state index contributed by atoms with van der Waals surface area (Å²) < 4.78 is 1.23. The Morgan fingerprint density at radius 2 is 1.55 bits per heavy atom. The minimum Gasteiger partial charge on any atom is -0.380 e. The van der Waals surface area contributed by atoms with E-state index in [1.807, 2.05) is 0 Å². The van der Waals surface area contributed by atoms with Gasteiger partial charge in [-0.1, -0.05) is 23.2 Å². The average Bonchev–Trinajstić information content (AvgIpc) is 3.05. The lowest BCUT2D eigenvalue weighted by Gasteiger charge is -2.34. The number of halogens is 2. The number of carbonyl (C=O) groups is 2. The molecule has 0 spiro atoms. The first-order valence-electron chi connectivity index (χ1n) is 9.59. The first-order chi connectivity index (χ1) is 13.9. The quantitative estimate of drug-likeness (QED) is 0.745. The monoisotopic (exact) mass is 434 g/mol. The Labute approximate surface area is 177 Å². The molecule has 0 unspecified atom stereocenters. The number of imide groups is 1. The highest BCUT2D eigenvalue weighted by atomic mass is 35.5. The molecule has 2 fully saturated rings. The van der Waals surface area contributed by atoms with Crippen molar-refractivity contribution >= 4 is 40.7 Å². The molecule has 1 saturated carbocycles. The number of anilines is 1. The van der Waals surface area contributed by atoms with Crippen LogP contribution >= 0.6 is 23.2 Å². The van der Waals surface area contributed by atoms with E-state index in [4.69, 9.17) is 23.2 Å². The number of amides is 2. The highest BCUT2D eigenvalue weighted by Gasteiger charge is 2.36. The molecule has 152 valence electrons. The van der Waals surface area contributed by atoms with Gasteiger partial charge in [0.05, 0.1) is 17.6 Å². The number of benzene rings is 1. The third kappa shape index (κ3) is 4.02. The van der Waals surface area contributed by atoms with E-state index in [0.717, 1.165) is 25.7 Å². The van der Waals surface area contributed by atoms with E-state index in [9.17, 15) is 14.4 Å². The molecule has 2 aromatic rings. The number of nitrogens with one attached hydrogen (secondary N) is 1. The lowest BCUT2D eigenvalue weighted by atomic mass is 9.90. The highest BCUT2D eigenvalue weighted by molar-refractivity contribution is 6.33. The molecule has 0 radical (unpaired) electrons. The number of aromatic nitrogens is 2. The van der Waals surface area contributed by atoms with E-state index >= 15 is 0 Å². The predicted octanol–water partition coefficient (Wildman–Crippen LogP) is 3.41. The molecule has 1 aliphatic carbocycles. The van der Waals surface area contributed by atoms with Gasteiger partial charge in [0.25, 0.3) is 5.56 Å². The summed E-state index contributed by atoms with van der Waals surface area (Å²) in [6.45, 7) is 0. The molecule has 7 nitrogen and oxygen atoms in total. The minimum atomic E-state index is -0.416. The maximum Gasteiger partial charge on any atom is 0.292 e. The van der Waals surface area contributed by atoms with Crippen LogP contribution in [-0.2, 0) is 9.59 Å². The van der Waals surface area contributed by atoms with Gasteiger partial charge in [-0.15, -0.1) is 0 Å². The summed E-state index contributed by atoms with van der Waals surface area (Å²) in [5.41, 5.74) is 0.646. The van der Waals surface area contributed by atoms with Crippen molar-refractivity contribution in [2.45, 2.75) is 50.6 Å².